The van der Waals surface area contributed by atoms with Crippen molar-refractivity contribution < 1.29 is 36.6 Å². The van der Waals surface area contributed by atoms with E-state index in [4.69, 9.17) is 10.2 Å². The van der Waals surface area contributed by atoms with E-state index in [-0.39, 0.29) is 16.8 Å². The summed E-state index contributed by atoms with van der Waals surface area (Å²) in [6, 6.07) is 0. The molecule has 2 N–H and O–H groups in total. The third-order valence-corrected chi connectivity index (χ3v) is 7.30. The molecular formula is C36H68CoO4. The van der Waals surface area contributed by atoms with Crippen molar-refractivity contribution in [1.82, 2.24) is 0 Å². The summed E-state index contributed by atoms with van der Waals surface area (Å²) in [5.41, 5.74) is 0. The van der Waals surface area contributed by atoms with Gasteiger partial charge < -0.3 is 10.2 Å². The van der Waals surface area contributed by atoms with Gasteiger partial charge in [-0.3, -0.25) is 9.59 Å². The fourth-order valence-electron chi connectivity index (χ4n) is 4.69. The van der Waals surface area contributed by atoms with Crippen molar-refractivity contribution >= 4 is 11.9 Å². The van der Waals surface area contributed by atoms with Crippen LogP contribution < -0.4 is 0 Å². The number of rotatable bonds is 30. The van der Waals surface area contributed by atoms with Crippen molar-refractivity contribution in [3.63, 3.8) is 0 Å². The molecule has 0 saturated heterocycles. The summed E-state index contributed by atoms with van der Waals surface area (Å²) in [6.07, 6.45) is 42.5. The van der Waals surface area contributed by atoms with Gasteiger partial charge >= 0.3 is 11.9 Å². The van der Waals surface area contributed by atoms with Gasteiger partial charge in [-0.05, 0) is 64.2 Å². The fourth-order valence-corrected chi connectivity index (χ4v) is 4.69. The Morgan fingerprint density at radius 2 is 0.610 bits per heavy atom. The molecule has 0 aliphatic rings. The molecule has 0 aromatic rings. The monoisotopic (exact) mass is 623 g/mol. The molecular weight excluding hydrogens is 555 g/mol. The molecule has 0 unspecified atom stereocenters. The number of carboxylic acid groups (broad SMARTS) is 2. The van der Waals surface area contributed by atoms with Crippen LogP contribution in [0.2, 0.25) is 0 Å². The van der Waals surface area contributed by atoms with Crippen LogP contribution in [0.1, 0.15) is 194 Å². The van der Waals surface area contributed by atoms with Gasteiger partial charge in [0, 0.05) is 29.6 Å². The van der Waals surface area contributed by atoms with Crippen molar-refractivity contribution in [2.45, 2.75) is 194 Å². The predicted molar refractivity (Wildman–Crippen MR) is 174 cm³/mol. The van der Waals surface area contributed by atoms with Gasteiger partial charge in [-0.25, -0.2) is 0 Å². The van der Waals surface area contributed by atoms with E-state index in [1.807, 2.05) is 0 Å². The Morgan fingerprint density at radius 3 is 0.854 bits per heavy atom. The van der Waals surface area contributed by atoms with Crippen molar-refractivity contribution in [1.29, 1.82) is 0 Å². The Labute approximate surface area is 265 Å². The Kier molecular flexibility index (Phi) is 44.4. The average Bonchev–Trinajstić information content (AvgIpc) is 2.93. The molecule has 0 fully saturated rings. The fraction of sp³-hybridized carbons (Fsp3) is 0.833. The van der Waals surface area contributed by atoms with Crippen LogP contribution in [0.3, 0.4) is 0 Å². The van der Waals surface area contributed by atoms with Gasteiger partial charge in [0.2, 0.25) is 0 Å². The Bertz CT molecular complexity index is 524. The zero-order valence-corrected chi connectivity index (χ0v) is 28.2. The third kappa shape index (κ3) is 49.0. The Morgan fingerprint density at radius 1 is 0.390 bits per heavy atom. The molecule has 4 nitrogen and oxygen atoms in total. The quantitative estimate of drug-likeness (QED) is 0.0616. The van der Waals surface area contributed by atoms with Gasteiger partial charge in [0.25, 0.3) is 0 Å². The number of hydrogen-bond acceptors (Lipinski definition) is 2. The maximum absolute atomic E-state index is 10.3. The van der Waals surface area contributed by atoms with Crippen LogP contribution >= 0.6 is 0 Å². The number of hydrogen-bond donors (Lipinski definition) is 2. The van der Waals surface area contributed by atoms with Gasteiger partial charge in [-0.2, -0.15) is 0 Å². The second-order valence-electron chi connectivity index (χ2n) is 11.5. The maximum Gasteiger partial charge on any atom is 0.303 e. The second-order valence-corrected chi connectivity index (χ2v) is 11.5. The van der Waals surface area contributed by atoms with E-state index in [0.717, 1.165) is 25.7 Å². The minimum absolute atomic E-state index is 0. The molecule has 0 rings (SSSR count). The van der Waals surface area contributed by atoms with Crippen LogP contribution in [0.15, 0.2) is 24.3 Å². The first-order chi connectivity index (χ1) is 19.5. The van der Waals surface area contributed by atoms with Gasteiger partial charge in [-0.15, -0.1) is 0 Å². The van der Waals surface area contributed by atoms with E-state index in [9.17, 15) is 9.59 Å². The molecule has 0 aromatic heterocycles. The molecule has 0 heterocycles. The van der Waals surface area contributed by atoms with E-state index in [1.54, 1.807) is 0 Å². The minimum Gasteiger partial charge on any atom is -0.481 e. The van der Waals surface area contributed by atoms with Gasteiger partial charge in [0.1, 0.15) is 0 Å². The largest absolute Gasteiger partial charge is 0.481 e. The molecule has 0 amide bonds. The van der Waals surface area contributed by atoms with E-state index < -0.39 is 11.9 Å². The van der Waals surface area contributed by atoms with Crippen LogP contribution in [-0.4, -0.2) is 22.2 Å². The van der Waals surface area contributed by atoms with Crippen molar-refractivity contribution in [2.24, 2.45) is 0 Å². The standard InChI is InChI=1S/2C18H34O2.Co/c2*1-2-3-4-5-6-7-8-9-10-11-12-13-14-15-16-17-18(19)20;/h2*9-10H,2-8,11-17H2,1H3,(H,19,20);/b2*10-9-;. The first kappa shape index (κ1) is 44.4. The predicted octanol–water partition coefficient (Wildman–Crippen LogP) is 12.2. The first-order valence-electron chi connectivity index (χ1n) is 17.3. The van der Waals surface area contributed by atoms with Gasteiger partial charge in [-0.1, -0.05) is 141 Å². The smallest absolute Gasteiger partial charge is 0.303 e. The number of carboxylic acids is 2. The molecule has 0 spiro atoms. The summed E-state index contributed by atoms with van der Waals surface area (Å²) in [5.74, 6) is -1.33. The molecule has 0 bridgehead atoms. The average molecular weight is 624 g/mol. The van der Waals surface area contributed by atoms with Crippen LogP contribution in [0.5, 0.6) is 0 Å². The molecule has 0 atom stereocenters. The third-order valence-electron chi connectivity index (χ3n) is 7.30. The van der Waals surface area contributed by atoms with Crippen LogP contribution in [0, 0.1) is 0 Å². The molecule has 0 aliphatic carbocycles. The summed E-state index contributed by atoms with van der Waals surface area (Å²) < 4.78 is 0. The molecule has 0 aromatic carbocycles. The van der Waals surface area contributed by atoms with Gasteiger partial charge in [0.05, 0.1) is 0 Å². The Balaban J connectivity index is -0.000000688. The summed E-state index contributed by atoms with van der Waals surface area (Å²) >= 11 is 0. The maximum atomic E-state index is 10.3. The summed E-state index contributed by atoms with van der Waals surface area (Å²) in [5, 5.41) is 17.0. The molecule has 41 heavy (non-hydrogen) atoms. The van der Waals surface area contributed by atoms with E-state index in [2.05, 4.69) is 38.2 Å². The molecule has 0 aliphatic heterocycles. The van der Waals surface area contributed by atoms with E-state index in [1.165, 1.54) is 141 Å². The number of aliphatic carboxylic acids is 2. The summed E-state index contributed by atoms with van der Waals surface area (Å²) in [7, 11) is 0. The van der Waals surface area contributed by atoms with Crippen molar-refractivity contribution in [2.75, 3.05) is 0 Å². The van der Waals surface area contributed by atoms with Crippen molar-refractivity contribution in [3.05, 3.63) is 24.3 Å². The van der Waals surface area contributed by atoms with Gasteiger partial charge in [0.15, 0.2) is 0 Å². The van der Waals surface area contributed by atoms with Crippen molar-refractivity contribution in [3.8, 4) is 0 Å². The summed E-state index contributed by atoms with van der Waals surface area (Å²) in [6.45, 7) is 4.52. The normalized spacial score (nSPS) is 11.0. The minimum atomic E-state index is -0.664. The Hall–Kier alpha value is -1.07. The first-order valence-corrected chi connectivity index (χ1v) is 17.3. The number of allylic oxidation sites excluding steroid dienone is 4. The topological polar surface area (TPSA) is 74.6 Å². The van der Waals surface area contributed by atoms with E-state index in [0.29, 0.717) is 12.8 Å². The SMILES string of the molecule is CCCCCCCC/C=C\CCCCCCCC(=O)O.CCCCCCCC/C=C\CCCCCCCC(=O)O.[Co]. The zero-order valence-electron chi connectivity index (χ0n) is 27.2. The van der Waals surface area contributed by atoms with Crippen LogP contribution in [0.4, 0.5) is 0 Å². The molecule has 5 heteroatoms. The zero-order chi connectivity index (χ0) is 29.8. The molecule has 245 valence electrons. The van der Waals surface area contributed by atoms with Crippen LogP contribution in [-0.2, 0) is 26.4 Å². The molecule has 0 saturated carbocycles. The van der Waals surface area contributed by atoms with E-state index >= 15 is 0 Å². The molecule has 1 radical (unpaired) electrons. The van der Waals surface area contributed by atoms with Crippen LogP contribution in [0.25, 0.3) is 0 Å². The number of unbranched alkanes of at least 4 members (excludes halogenated alkanes) is 22. The number of carbonyl (C=O) groups is 2. The summed E-state index contributed by atoms with van der Waals surface area (Å²) in [4.78, 5) is 20.6. The second kappa shape index (κ2) is 41.1.